The lowest BCUT2D eigenvalue weighted by molar-refractivity contribution is 0.00497. The summed E-state index contributed by atoms with van der Waals surface area (Å²) in [4.78, 5) is 32.3. The number of hydrogen-bond donors (Lipinski definition) is 1. The highest BCUT2D eigenvalue weighted by molar-refractivity contribution is 5.93. The van der Waals surface area contributed by atoms with E-state index < -0.39 is 5.60 Å². The van der Waals surface area contributed by atoms with Crippen LogP contribution in [0.1, 0.15) is 25.6 Å². The molecule has 0 aliphatic carbocycles. The number of rotatable bonds is 3. The number of urea groups is 1. The highest BCUT2D eigenvalue weighted by Gasteiger charge is 2.47. The van der Waals surface area contributed by atoms with Gasteiger partial charge in [-0.25, -0.2) is 9.59 Å². The Hall–Kier alpha value is -3.10. The third-order valence-electron chi connectivity index (χ3n) is 5.15. The van der Waals surface area contributed by atoms with Crippen LogP contribution in [0, 0.1) is 0 Å². The number of benzene rings is 1. The first-order chi connectivity index (χ1) is 13.5. The van der Waals surface area contributed by atoms with Crippen LogP contribution in [0.15, 0.2) is 28.8 Å². The lowest BCUT2D eigenvalue weighted by Crippen LogP contribution is -2.53. The molecular weight excluding hydrogens is 362 g/mol. The van der Waals surface area contributed by atoms with E-state index in [0.717, 1.165) is 12.8 Å². The fourth-order valence-electron chi connectivity index (χ4n) is 3.76. The molecule has 3 heterocycles. The molecule has 2 fully saturated rings. The van der Waals surface area contributed by atoms with Crippen molar-refractivity contribution < 1.29 is 18.8 Å². The maximum Gasteiger partial charge on any atom is 0.410 e. The number of piperidine rings is 1. The van der Waals surface area contributed by atoms with Crippen molar-refractivity contribution in [1.29, 1.82) is 0 Å². The topological polar surface area (TPSA) is 101 Å². The normalized spacial score (nSPS) is 21.9. The molecule has 0 unspecified atom stereocenters. The number of nitrogens with one attached hydrogen (secondary N) is 1. The molecule has 1 N–H and O–H groups in total. The van der Waals surface area contributed by atoms with E-state index in [-0.39, 0.29) is 12.1 Å². The van der Waals surface area contributed by atoms with Crippen molar-refractivity contribution in [3.05, 3.63) is 30.1 Å². The Morgan fingerprint density at radius 1 is 1.32 bits per heavy atom. The smallest absolute Gasteiger partial charge is 0.410 e. The Morgan fingerprint density at radius 2 is 2.14 bits per heavy atom. The molecule has 1 aromatic heterocycles. The van der Waals surface area contributed by atoms with Crippen LogP contribution < -0.4 is 5.32 Å². The molecule has 1 aromatic carbocycles. The van der Waals surface area contributed by atoms with Crippen molar-refractivity contribution in [2.45, 2.75) is 31.8 Å². The van der Waals surface area contributed by atoms with E-state index in [1.54, 1.807) is 22.9 Å². The van der Waals surface area contributed by atoms with Gasteiger partial charge >= 0.3 is 12.1 Å². The number of aromatic nitrogens is 2. The van der Waals surface area contributed by atoms with Crippen LogP contribution in [0.2, 0.25) is 0 Å². The first kappa shape index (κ1) is 18.3. The zero-order valence-electron chi connectivity index (χ0n) is 16.0. The number of carbonyl (C=O) groups is 2. The number of hydrogen-bond acceptors (Lipinski definition) is 6. The van der Waals surface area contributed by atoms with Gasteiger partial charge in [0.2, 0.25) is 0 Å². The molecule has 0 bridgehead atoms. The molecule has 2 saturated heterocycles. The van der Waals surface area contributed by atoms with Gasteiger partial charge in [-0.15, -0.1) is 0 Å². The number of nitrogens with zero attached hydrogens (tertiary/aromatic N) is 4. The third kappa shape index (κ3) is 3.39. The molecule has 148 valence electrons. The summed E-state index contributed by atoms with van der Waals surface area (Å²) in [6.45, 7) is 3.42. The standard InChI is InChI=1S/C19H23N5O4/c1-3-15-21-16(28-22-15)13-7-4-5-8-14(13)20-17(25)24-10-6-9-19(12-24)11-23(2)18(26)27-19/h4-5,7-8H,3,6,9-12H2,1-2H3,(H,20,25)/t19-/m1/s1. The van der Waals surface area contributed by atoms with Gasteiger partial charge in [0.05, 0.1) is 24.3 Å². The predicted molar refractivity (Wildman–Crippen MR) is 101 cm³/mol. The predicted octanol–water partition coefficient (Wildman–Crippen LogP) is 2.75. The first-order valence-electron chi connectivity index (χ1n) is 9.42. The summed E-state index contributed by atoms with van der Waals surface area (Å²) in [7, 11) is 1.71. The van der Waals surface area contributed by atoms with Gasteiger partial charge in [0.25, 0.3) is 5.89 Å². The molecule has 1 spiro atoms. The molecule has 0 saturated carbocycles. The van der Waals surface area contributed by atoms with Gasteiger partial charge in [0.15, 0.2) is 5.82 Å². The van der Waals surface area contributed by atoms with Crippen LogP contribution in [0.4, 0.5) is 15.3 Å². The summed E-state index contributed by atoms with van der Waals surface area (Å²) in [5.74, 6) is 0.982. The van der Waals surface area contributed by atoms with Gasteiger partial charge in [-0.1, -0.05) is 24.2 Å². The van der Waals surface area contributed by atoms with Gasteiger partial charge < -0.3 is 24.4 Å². The minimum atomic E-state index is -0.622. The van der Waals surface area contributed by atoms with Crippen molar-refractivity contribution >= 4 is 17.8 Å². The van der Waals surface area contributed by atoms with Crippen LogP contribution in [-0.2, 0) is 11.2 Å². The van der Waals surface area contributed by atoms with Gasteiger partial charge in [-0.3, -0.25) is 0 Å². The van der Waals surface area contributed by atoms with Crippen LogP contribution in [0.5, 0.6) is 0 Å². The van der Waals surface area contributed by atoms with Gasteiger partial charge in [0, 0.05) is 20.0 Å². The van der Waals surface area contributed by atoms with Crippen LogP contribution in [0.3, 0.4) is 0 Å². The fourth-order valence-corrected chi connectivity index (χ4v) is 3.76. The lowest BCUT2D eigenvalue weighted by Gasteiger charge is -2.38. The quantitative estimate of drug-likeness (QED) is 0.872. The maximum atomic E-state index is 12.9. The molecule has 9 nitrogen and oxygen atoms in total. The van der Waals surface area contributed by atoms with Gasteiger partial charge in [0.1, 0.15) is 5.60 Å². The summed E-state index contributed by atoms with van der Waals surface area (Å²) >= 11 is 0. The van der Waals surface area contributed by atoms with E-state index in [4.69, 9.17) is 9.26 Å². The minimum Gasteiger partial charge on any atom is -0.439 e. The Labute approximate surface area is 162 Å². The Bertz CT molecular complexity index is 898. The van der Waals surface area contributed by atoms with E-state index in [9.17, 15) is 9.59 Å². The van der Waals surface area contributed by atoms with Crippen LogP contribution >= 0.6 is 0 Å². The molecule has 2 aliphatic rings. The first-order valence-corrected chi connectivity index (χ1v) is 9.42. The van der Waals surface area contributed by atoms with Gasteiger partial charge in [-0.2, -0.15) is 4.98 Å². The van der Waals surface area contributed by atoms with Crippen molar-refractivity contribution in [3.8, 4) is 11.5 Å². The summed E-state index contributed by atoms with van der Waals surface area (Å²) in [5, 5.41) is 6.86. The van der Waals surface area contributed by atoms with Gasteiger partial charge in [-0.05, 0) is 25.0 Å². The van der Waals surface area contributed by atoms with Crippen LogP contribution in [0.25, 0.3) is 11.5 Å². The van der Waals surface area contributed by atoms with E-state index in [0.29, 0.717) is 49.0 Å². The van der Waals surface area contributed by atoms with Crippen molar-refractivity contribution in [3.63, 3.8) is 0 Å². The molecule has 3 amide bonds. The molecule has 2 aromatic rings. The summed E-state index contributed by atoms with van der Waals surface area (Å²) < 4.78 is 10.9. The lowest BCUT2D eigenvalue weighted by atomic mass is 9.93. The number of aryl methyl sites for hydroxylation is 1. The number of amides is 3. The highest BCUT2D eigenvalue weighted by atomic mass is 16.6. The number of likely N-dealkylation sites (tertiary alicyclic amines) is 1. The van der Waals surface area contributed by atoms with E-state index in [1.165, 1.54) is 0 Å². The monoisotopic (exact) mass is 385 g/mol. The second-order valence-electron chi connectivity index (χ2n) is 7.28. The zero-order chi connectivity index (χ0) is 19.7. The fraction of sp³-hybridized carbons (Fsp3) is 0.474. The zero-order valence-corrected chi connectivity index (χ0v) is 16.0. The molecule has 0 radical (unpaired) electrons. The highest BCUT2D eigenvalue weighted by Crippen LogP contribution is 2.32. The van der Waals surface area contributed by atoms with E-state index >= 15 is 0 Å². The summed E-state index contributed by atoms with van der Waals surface area (Å²) in [6.07, 6.45) is 1.86. The number of para-hydroxylation sites is 1. The molecule has 4 rings (SSSR count). The summed E-state index contributed by atoms with van der Waals surface area (Å²) in [5.41, 5.74) is 0.643. The van der Waals surface area contributed by atoms with E-state index in [2.05, 4.69) is 15.5 Å². The van der Waals surface area contributed by atoms with Crippen molar-refractivity contribution in [2.75, 3.05) is 32.0 Å². The number of carbonyl (C=O) groups excluding carboxylic acids is 2. The molecule has 2 aliphatic heterocycles. The maximum absolute atomic E-state index is 12.9. The SMILES string of the molecule is CCc1noc(-c2ccccc2NC(=O)N2CCC[C@@]3(CN(C)C(=O)O3)C2)n1. The van der Waals surface area contributed by atoms with Crippen LogP contribution in [-0.4, -0.2) is 64.3 Å². The molecule has 1 atom stereocenters. The minimum absolute atomic E-state index is 0.243. The molecule has 9 heteroatoms. The van der Waals surface area contributed by atoms with Crippen molar-refractivity contribution in [2.24, 2.45) is 0 Å². The number of ether oxygens (including phenoxy) is 1. The Balaban J connectivity index is 1.50. The molecule has 28 heavy (non-hydrogen) atoms. The number of likely N-dealkylation sites (N-methyl/N-ethyl adjacent to an activating group) is 1. The Kier molecular flexibility index (Phi) is 4.66. The van der Waals surface area contributed by atoms with Crippen molar-refractivity contribution in [1.82, 2.24) is 19.9 Å². The average Bonchev–Trinajstić information content (AvgIpc) is 3.27. The Morgan fingerprint density at radius 3 is 2.86 bits per heavy atom. The molecular formula is C19H23N5O4. The second kappa shape index (κ2) is 7.14. The average molecular weight is 385 g/mol. The van der Waals surface area contributed by atoms with E-state index in [1.807, 2.05) is 25.1 Å². The summed E-state index contributed by atoms with van der Waals surface area (Å²) in [6, 6.07) is 7.07. The number of anilines is 1. The third-order valence-corrected chi connectivity index (χ3v) is 5.15. The second-order valence-corrected chi connectivity index (χ2v) is 7.28. The largest absolute Gasteiger partial charge is 0.439 e.